The van der Waals surface area contributed by atoms with Gasteiger partial charge < -0.3 is 10.6 Å². The summed E-state index contributed by atoms with van der Waals surface area (Å²) < 4.78 is 0. The average molecular weight is 350 g/mol. The molecule has 1 amide bonds. The predicted molar refractivity (Wildman–Crippen MR) is 108 cm³/mol. The molecule has 0 bridgehead atoms. The minimum atomic E-state index is -0.0325. The van der Waals surface area contributed by atoms with Gasteiger partial charge in [-0.2, -0.15) is 0 Å². The van der Waals surface area contributed by atoms with E-state index in [2.05, 4.69) is 0 Å². The summed E-state index contributed by atoms with van der Waals surface area (Å²) >= 11 is 0. The van der Waals surface area contributed by atoms with Crippen molar-refractivity contribution in [2.75, 3.05) is 19.8 Å². The van der Waals surface area contributed by atoms with E-state index in [9.17, 15) is 9.59 Å². The van der Waals surface area contributed by atoms with E-state index >= 15 is 0 Å². The van der Waals surface area contributed by atoms with Gasteiger partial charge in [-0.1, -0.05) is 30.7 Å². The summed E-state index contributed by atoms with van der Waals surface area (Å²) in [7, 11) is 3.46. The van der Waals surface area contributed by atoms with E-state index in [-0.39, 0.29) is 11.7 Å². The van der Waals surface area contributed by atoms with Crippen LogP contribution in [-0.4, -0.2) is 30.7 Å². The number of nitrogens with zero attached hydrogens (tertiary/aromatic N) is 1. The normalized spacial score (nSPS) is 11.7. The molecule has 0 atom stereocenters. The average Bonchev–Trinajstić information content (AvgIpc) is 2.62. The Labute approximate surface area is 155 Å². The van der Waals surface area contributed by atoms with E-state index < -0.39 is 0 Å². The maximum Gasteiger partial charge on any atom is 0.253 e. The molecule has 0 unspecified atom stereocenters. The molecule has 2 aromatic carbocycles. The minimum Gasteiger partial charge on any atom is -0.398 e. The lowest BCUT2D eigenvalue weighted by atomic mass is 9.92. The Morgan fingerprint density at radius 1 is 0.962 bits per heavy atom. The first-order valence-electron chi connectivity index (χ1n) is 8.69. The van der Waals surface area contributed by atoms with Crippen LogP contribution in [0.2, 0.25) is 0 Å². The van der Waals surface area contributed by atoms with Crippen molar-refractivity contribution in [2.45, 2.75) is 27.2 Å². The van der Waals surface area contributed by atoms with Gasteiger partial charge in [-0.15, -0.1) is 0 Å². The van der Waals surface area contributed by atoms with Crippen LogP contribution in [-0.2, 0) is 4.79 Å². The van der Waals surface area contributed by atoms with Crippen LogP contribution in [0.1, 0.15) is 43.1 Å². The van der Waals surface area contributed by atoms with Gasteiger partial charge in [0.25, 0.3) is 5.91 Å². The molecule has 0 aliphatic rings. The Morgan fingerprint density at radius 2 is 1.54 bits per heavy atom. The Kier molecular flexibility index (Phi) is 5.98. The number of ketones is 1. The number of carbonyl (C=O) groups excluding carboxylic acids is 2. The largest absolute Gasteiger partial charge is 0.398 e. The second-order valence-corrected chi connectivity index (χ2v) is 6.64. The lowest BCUT2D eigenvalue weighted by Crippen LogP contribution is -2.21. The van der Waals surface area contributed by atoms with Gasteiger partial charge in [0.2, 0.25) is 0 Å². The molecule has 0 aliphatic heterocycles. The quantitative estimate of drug-likeness (QED) is 0.642. The smallest absolute Gasteiger partial charge is 0.253 e. The minimum absolute atomic E-state index is 0.0140. The molecule has 0 saturated heterocycles. The Balaban J connectivity index is 2.50. The fourth-order valence-electron chi connectivity index (χ4n) is 2.91. The molecule has 4 heteroatoms. The van der Waals surface area contributed by atoms with Gasteiger partial charge in [-0.25, -0.2) is 0 Å². The van der Waals surface area contributed by atoms with Gasteiger partial charge in [0.05, 0.1) is 0 Å². The van der Waals surface area contributed by atoms with E-state index in [1.165, 1.54) is 0 Å². The maximum absolute atomic E-state index is 12.2. The highest BCUT2D eigenvalue weighted by Gasteiger charge is 2.15. The van der Waals surface area contributed by atoms with E-state index in [4.69, 9.17) is 5.73 Å². The molecule has 0 saturated carbocycles. The van der Waals surface area contributed by atoms with E-state index in [0.717, 1.165) is 28.7 Å². The summed E-state index contributed by atoms with van der Waals surface area (Å²) in [6.07, 6.45) is 0.792. The summed E-state index contributed by atoms with van der Waals surface area (Å²) in [6.45, 7) is 5.56. The third-order valence-corrected chi connectivity index (χ3v) is 4.50. The van der Waals surface area contributed by atoms with Crippen molar-refractivity contribution in [3.63, 3.8) is 0 Å². The number of carbonyl (C=O) groups is 2. The second kappa shape index (κ2) is 8.00. The van der Waals surface area contributed by atoms with Gasteiger partial charge in [0, 0.05) is 36.5 Å². The van der Waals surface area contributed by atoms with Gasteiger partial charge >= 0.3 is 0 Å². The van der Waals surface area contributed by atoms with Gasteiger partial charge in [-0.05, 0) is 55.7 Å². The van der Waals surface area contributed by atoms with E-state index in [1.807, 2.05) is 56.3 Å². The van der Waals surface area contributed by atoms with Crippen LogP contribution >= 0.6 is 0 Å². The number of amides is 1. The fourth-order valence-corrected chi connectivity index (χ4v) is 2.91. The summed E-state index contributed by atoms with van der Waals surface area (Å²) in [5, 5.41) is 0. The first kappa shape index (κ1) is 19.4. The van der Waals surface area contributed by atoms with Crippen LogP contribution in [0.5, 0.6) is 0 Å². The molecule has 0 heterocycles. The number of benzene rings is 2. The zero-order valence-electron chi connectivity index (χ0n) is 16.1. The molecule has 0 aromatic heterocycles. The third kappa shape index (κ3) is 4.02. The van der Waals surface area contributed by atoms with Crippen molar-refractivity contribution in [1.29, 1.82) is 0 Å². The third-order valence-electron chi connectivity index (χ3n) is 4.50. The lowest BCUT2D eigenvalue weighted by Gasteiger charge is -2.14. The number of hydrogen-bond acceptors (Lipinski definition) is 3. The van der Waals surface area contributed by atoms with Crippen molar-refractivity contribution in [2.24, 2.45) is 0 Å². The summed E-state index contributed by atoms with van der Waals surface area (Å²) in [5.74, 6) is -0.0185. The number of allylic oxidation sites excluding steroid dienone is 2. The number of hydrogen-bond donors (Lipinski definition) is 1. The molecule has 2 aromatic rings. The Bertz CT molecular complexity index is 862. The van der Waals surface area contributed by atoms with Crippen LogP contribution in [0.3, 0.4) is 0 Å². The van der Waals surface area contributed by atoms with Crippen molar-refractivity contribution in [3.05, 3.63) is 59.2 Å². The lowest BCUT2D eigenvalue weighted by molar-refractivity contribution is -0.111. The molecule has 0 radical (unpaired) electrons. The highest BCUT2D eigenvalue weighted by molar-refractivity contribution is 6.22. The van der Waals surface area contributed by atoms with Crippen molar-refractivity contribution in [1.82, 2.24) is 4.90 Å². The number of Topliss-reactive ketones (excluding diaryl/α,β-unsaturated/α-hetero) is 1. The van der Waals surface area contributed by atoms with Gasteiger partial charge in [-0.3, -0.25) is 9.59 Å². The molecule has 2 N–H and O–H groups in total. The first-order valence-corrected chi connectivity index (χ1v) is 8.69. The van der Waals surface area contributed by atoms with Gasteiger partial charge in [0.15, 0.2) is 5.78 Å². The van der Waals surface area contributed by atoms with Crippen LogP contribution in [0.4, 0.5) is 5.69 Å². The molecular formula is C22H26N2O2. The molecular weight excluding hydrogens is 324 g/mol. The number of rotatable bonds is 5. The SMILES string of the molecule is CC/C(C)=C(\C(C)=O)c1cc(-c2ccc(C(=O)N(C)C)cc2)ccc1N. The zero-order valence-corrected chi connectivity index (χ0v) is 16.1. The van der Waals surface area contributed by atoms with Crippen LogP contribution in [0.15, 0.2) is 48.0 Å². The highest BCUT2D eigenvalue weighted by atomic mass is 16.2. The first-order chi connectivity index (χ1) is 12.3. The monoisotopic (exact) mass is 350 g/mol. The zero-order chi connectivity index (χ0) is 19.4. The highest BCUT2D eigenvalue weighted by Crippen LogP contribution is 2.31. The summed E-state index contributed by atoms with van der Waals surface area (Å²) in [5.41, 5.74) is 11.8. The molecule has 136 valence electrons. The Hall–Kier alpha value is -2.88. The molecule has 2 rings (SSSR count). The second-order valence-electron chi connectivity index (χ2n) is 6.64. The topological polar surface area (TPSA) is 63.4 Å². The van der Waals surface area contributed by atoms with Crippen LogP contribution in [0.25, 0.3) is 16.7 Å². The van der Waals surface area contributed by atoms with Gasteiger partial charge in [0.1, 0.15) is 0 Å². The number of nitrogen functional groups attached to an aromatic ring is 1. The molecule has 26 heavy (non-hydrogen) atoms. The van der Waals surface area contributed by atoms with E-state index in [0.29, 0.717) is 16.8 Å². The standard InChI is InChI=1S/C22H26N2O2/c1-6-14(2)21(15(3)25)19-13-18(11-12-20(19)23)16-7-9-17(10-8-16)22(26)24(4)5/h7-13H,6,23H2,1-5H3/b21-14+. The van der Waals surface area contributed by atoms with Crippen LogP contribution < -0.4 is 5.73 Å². The van der Waals surface area contributed by atoms with Crippen molar-refractivity contribution >= 4 is 23.0 Å². The predicted octanol–water partition coefficient (Wildman–Crippen LogP) is 4.41. The molecule has 0 aliphatic carbocycles. The molecule has 0 spiro atoms. The summed E-state index contributed by atoms with van der Waals surface area (Å²) in [6, 6.07) is 13.2. The van der Waals surface area contributed by atoms with Crippen LogP contribution in [0, 0.1) is 0 Å². The number of anilines is 1. The fraction of sp³-hybridized carbons (Fsp3) is 0.273. The van der Waals surface area contributed by atoms with Crippen molar-refractivity contribution < 1.29 is 9.59 Å². The van der Waals surface area contributed by atoms with Crippen molar-refractivity contribution in [3.8, 4) is 11.1 Å². The number of nitrogens with two attached hydrogens (primary N) is 1. The van der Waals surface area contributed by atoms with E-state index in [1.54, 1.807) is 25.9 Å². The molecule has 4 nitrogen and oxygen atoms in total. The maximum atomic E-state index is 12.2. The Morgan fingerprint density at radius 3 is 2.04 bits per heavy atom. The summed E-state index contributed by atoms with van der Waals surface area (Å²) in [4.78, 5) is 25.8. The molecule has 0 fully saturated rings.